The Hall–Kier alpha value is -1.56. The molecule has 2 aromatic rings. The van der Waals surface area contributed by atoms with Crippen molar-refractivity contribution in [1.29, 1.82) is 0 Å². The number of rotatable bonds is 3. The monoisotopic (exact) mass is 271 g/mol. The second-order valence-electron chi connectivity index (χ2n) is 4.93. The fourth-order valence-electron chi connectivity index (χ4n) is 1.99. The predicted molar refractivity (Wildman–Crippen MR) is 67.6 cm³/mol. The molecule has 0 spiro atoms. The van der Waals surface area contributed by atoms with Crippen LogP contribution in [0.4, 0.5) is 13.2 Å². The molecule has 0 radical (unpaired) electrons. The van der Waals surface area contributed by atoms with Crippen LogP contribution in [0.1, 0.15) is 25.7 Å². The Kier molecular flexibility index (Phi) is 3.54. The second-order valence-corrected chi connectivity index (χ2v) is 4.93. The molecule has 2 rings (SSSR count). The van der Waals surface area contributed by atoms with Crippen molar-refractivity contribution < 1.29 is 13.2 Å². The van der Waals surface area contributed by atoms with E-state index in [1.807, 2.05) is 13.8 Å². The van der Waals surface area contributed by atoms with Crippen LogP contribution in [0, 0.1) is 5.92 Å². The van der Waals surface area contributed by atoms with Crippen LogP contribution < -0.4 is 5.73 Å². The molecule has 104 valence electrons. The van der Waals surface area contributed by atoms with E-state index in [1.54, 1.807) is 24.3 Å². The summed E-state index contributed by atoms with van der Waals surface area (Å²) in [7, 11) is 0. The topological polar surface area (TPSA) is 43.8 Å². The quantitative estimate of drug-likeness (QED) is 0.931. The second kappa shape index (κ2) is 4.85. The van der Waals surface area contributed by atoms with E-state index in [0.717, 1.165) is 0 Å². The number of fused-ring (bicyclic) bond motifs is 1. The lowest BCUT2D eigenvalue weighted by molar-refractivity contribution is -0.140. The van der Waals surface area contributed by atoms with Gasteiger partial charge in [0.15, 0.2) is 0 Å². The number of benzene rings is 1. The van der Waals surface area contributed by atoms with Gasteiger partial charge in [0.1, 0.15) is 12.4 Å². The highest BCUT2D eigenvalue weighted by Gasteiger charge is 2.31. The fraction of sp³-hybridized carbons (Fsp3) is 0.462. The van der Waals surface area contributed by atoms with Gasteiger partial charge in [0.25, 0.3) is 0 Å². The van der Waals surface area contributed by atoms with Crippen molar-refractivity contribution in [2.75, 3.05) is 0 Å². The summed E-state index contributed by atoms with van der Waals surface area (Å²) in [5, 5.41) is 0. The van der Waals surface area contributed by atoms with Gasteiger partial charge in [-0.05, 0) is 18.1 Å². The molecule has 0 saturated carbocycles. The number of hydrogen-bond acceptors (Lipinski definition) is 2. The maximum absolute atomic E-state index is 12.7. The van der Waals surface area contributed by atoms with Crippen LogP contribution in [-0.4, -0.2) is 15.7 Å². The highest BCUT2D eigenvalue weighted by Crippen LogP contribution is 2.27. The van der Waals surface area contributed by atoms with Gasteiger partial charge in [0.05, 0.1) is 17.1 Å². The van der Waals surface area contributed by atoms with Crippen molar-refractivity contribution in [2.45, 2.75) is 32.6 Å². The average Bonchev–Trinajstić information content (AvgIpc) is 2.65. The van der Waals surface area contributed by atoms with Crippen molar-refractivity contribution in [2.24, 2.45) is 11.7 Å². The van der Waals surface area contributed by atoms with Crippen molar-refractivity contribution in [1.82, 2.24) is 9.55 Å². The maximum atomic E-state index is 12.7. The van der Waals surface area contributed by atoms with Gasteiger partial charge in [-0.25, -0.2) is 4.98 Å². The molecule has 19 heavy (non-hydrogen) atoms. The van der Waals surface area contributed by atoms with Crippen LogP contribution in [0.25, 0.3) is 11.0 Å². The number of hydrogen-bond donors (Lipinski definition) is 1. The number of nitrogens with zero attached hydrogens (tertiary/aromatic N) is 2. The molecular weight excluding hydrogens is 255 g/mol. The van der Waals surface area contributed by atoms with Gasteiger partial charge in [0.2, 0.25) is 0 Å². The summed E-state index contributed by atoms with van der Waals surface area (Å²) >= 11 is 0. The summed E-state index contributed by atoms with van der Waals surface area (Å²) in [6.45, 7) is 2.66. The first-order valence-corrected chi connectivity index (χ1v) is 6.07. The summed E-state index contributed by atoms with van der Waals surface area (Å²) in [4.78, 5) is 4.26. The largest absolute Gasteiger partial charge is 0.406 e. The molecule has 0 saturated heterocycles. The van der Waals surface area contributed by atoms with Crippen molar-refractivity contribution in [3.05, 3.63) is 30.1 Å². The summed E-state index contributed by atoms with van der Waals surface area (Å²) < 4.78 is 39.3. The van der Waals surface area contributed by atoms with E-state index in [1.165, 1.54) is 4.57 Å². The van der Waals surface area contributed by atoms with Gasteiger partial charge in [-0.15, -0.1) is 0 Å². The molecule has 3 nitrogen and oxygen atoms in total. The lowest BCUT2D eigenvalue weighted by Crippen LogP contribution is -2.25. The molecule has 1 aromatic carbocycles. The summed E-state index contributed by atoms with van der Waals surface area (Å²) in [5.74, 6) is 0.303. The number of halogens is 3. The minimum atomic E-state index is -4.30. The first-order valence-electron chi connectivity index (χ1n) is 6.07. The van der Waals surface area contributed by atoms with Gasteiger partial charge in [-0.3, -0.25) is 0 Å². The number of alkyl halides is 3. The van der Waals surface area contributed by atoms with Crippen molar-refractivity contribution >= 4 is 11.0 Å². The molecule has 1 aromatic heterocycles. The normalized spacial score (nSPS) is 14.3. The zero-order valence-electron chi connectivity index (χ0n) is 10.8. The molecule has 1 unspecified atom stereocenters. The molecule has 6 heteroatoms. The Labute approximate surface area is 109 Å². The van der Waals surface area contributed by atoms with Crippen LogP contribution in [0.2, 0.25) is 0 Å². The summed E-state index contributed by atoms with van der Waals surface area (Å²) in [6.07, 6.45) is -4.30. The van der Waals surface area contributed by atoms with E-state index in [9.17, 15) is 13.2 Å². The zero-order chi connectivity index (χ0) is 14.2. The molecule has 1 heterocycles. The highest BCUT2D eigenvalue weighted by molar-refractivity contribution is 5.76. The maximum Gasteiger partial charge on any atom is 0.406 e. The van der Waals surface area contributed by atoms with Crippen molar-refractivity contribution in [3.8, 4) is 0 Å². The van der Waals surface area contributed by atoms with Crippen molar-refractivity contribution in [3.63, 3.8) is 0 Å². The van der Waals surface area contributed by atoms with Crippen LogP contribution in [-0.2, 0) is 6.54 Å². The zero-order valence-corrected chi connectivity index (χ0v) is 10.8. The smallest absolute Gasteiger partial charge is 0.321 e. The predicted octanol–water partition coefficient (Wildman–Crippen LogP) is 3.25. The van der Waals surface area contributed by atoms with Crippen LogP contribution in [0.15, 0.2) is 24.3 Å². The van der Waals surface area contributed by atoms with E-state index in [4.69, 9.17) is 5.73 Å². The summed E-state index contributed by atoms with van der Waals surface area (Å²) in [5.41, 5.74) is 6.97. The SMILES string of the molecule is CC(C)C(N)c1nc2ccccc2n1CC(F)(F)F. The van der Waals surface area contributed by atoms with Gasteiger partial charge in [0, 0.05) is 0 Å². The van der Waals surface area contributed by atoms with Crippen LogP contribution >= 0.6 is 0 Å². The lowest BCUT2D eigenvalue weighted by atomic mass is 10.1. The van der Waals surface area contributed by atoms with Gasteiger partial charge < -0.3 is 10.3 Å². The Morgan fingerprint density at radius 3 is 2.47 bits per heavy atom. The Bertz CT molecular complexity index is 572. The minimum absolute atomic E-state index is 0.0174. The third kappa shape index (κ3) is 2.89. The van der Waals surface area contributed by atoms with Gasteiger partial charge in [-0.1, -0.05) is 26.0 Å². The first kappa shape index (κ1) is 13.9. The Morgan fingerprint density at radius 2 is 1.89 bits per heavy atom. The lowest BCUT2D eigenvalue weighted by Gasteiger charge is -2.18. The van der Waals surface area contributed by atoms with Gasteiger partial charge in [-0.2, -0.15) is 13.2 Å². The van der Waals surface area contributed by atoms with E-state index in [2.05, 4.69) is 4.98 Å². The summed E-state index contributed by atoms with van der Waals surface area (Å²) in [6, 6.07) is 6.25. The third-order valence-corrected chi connectivity index (χ3v) is 3.04. The molecule has 0 aliphatic heterocycles. The fourth-order valence-corrected chi connectivity index (χ4v) is 1.99. The van der Waals surface area contributed by atoms with E-state index >= 15 is 0 Å². The van der Waals surface area contributed by atoms with E-state index < -0.39 is 18.8 Å². The number of nitrogens with two attached hydrogens (primary N) is 1. The molecule has 0 amide bonds. The highest BCUT2D eigenvalue weighted by atomic mass is 19.4. The molecule has 0 aliphatic carbocycles. The standard InChI is InChI=1S/C13H16F3N3/c1-8(2)11(17)12-18-9-5-3-4-6-10(9)19(12)7-13(14,15)16/h3-6,8,11H,7,17H2,1-2H3. The van der Waals surface area contributed by atoms with E-state index in [-0.39, 0.29) is 11.7 Å². The molecule has 0 fully saturated rings. The van der Waals surface area contributed by atoms with Crippen LogP contribution in [0.3, 0.4) is 0 Å². The Morgan fingerprint density at radius 1 is 1.26 bits per heavy atom. The molecule has 0 bridgehead atoms. The molecule has 1 atom stereocenters. The molecule has 0 aliphatic rings. The van der Waals surface area contributed by atoms with E-state index in [0.29, 0.717) is 11.0 Å². The van der Waals surface area contributed by atoms with Gasteiger partial charge >= 0.3 is 6.18 Å². The minimum Gasteiger partial charge on any atom is -0.321 e. The Balaban J connectivity index is 2.58. The number of para-hydroxylation sites is 2. The van der Waals surface area contributed by atoms with Crippen LogP contribution in [0.5, 0.6) is 0 Å². The first-order chi connectivity index (χ1) is 8.79. The third-order valence-electron chi connectivity index (χ3n) is 3.04. The molecule has 2 N–H and O–H groups in total. The average molecular weight is 271 g/mol. The number of aromatic nitrogens is 2. The molecular formula is C13H16F3N3. The number of imidazole rings is 1.